The van der Waals surface area contributed by atoms with Crippen molar-refractivity contribution in [2.75, 3.05) is 18.0 Å². The van der Waals surface area contributed by atoms with Crippen molar-refractivity contribution in [2.45, 2.75) is 25.8 Å². The van der Waals surface area contributed by atoms with Gasteiger partial charge >= 0.3 is 6.03 Å². The average Bonchev–Trinajstić information content (AvgIpc) is 3.23. The SMILES string of the molecule is Cc1ccc(C2(C)NC(=O)N(CC(=O)N3CCc4cc([N+](=O)[O-])ccc43)C2=O)cc1. The first-order valence-electron chi connectivity index (χ1n) is 9.49. The Morgan fingerprint density at radius 1 is 1.20 bits per heavy atom. The van der Waals surface area contributed by atoms with Crippen LogP contribution < -0.4 is 10.2 Å². The van der Waals surface area contributed by atoms with Crippen LogP contribution in [-0.2, 0) is 21.5 Å². The molecule has 4 amide bonds. The number of amides is 4. The molecule has 2 aromatic carbocycles. The van der Waals surface area contributed by atoms with Gasteiger partial charge in [-0.15, -0.1) is 0 Å². The van der Waals surface area contributed by atoms with Gasteiger partial charge in [-0.05, 0) is 37.5 Å². The summed E-state index contributed by atoms with van der Waals surface area (Å²) in [7, 11) is 0. The van der Waals surface area contributed by atoms with E-state index in [0.717, 1.165) is 10.5 Å². The predicted molar refractivity (Wildman–Crippen MR) is 108 cm³/mol. The number of carbonyl (C=O) groups is 3. The fraction of sp³-hybridized carbons (Fsp3) is 0.286. The van der Waals surface area contributed by atoms with E-state index in [2.05, 4.69) is 5.32 Å². The maximum absolute atomic E-state index is 13.0. The number of nitrogens with one attached hydrogen (secondary N) is 1. The number of anilines is 1. The van der Waals surface area contributed by atoms with Crippen molar-refractivity contribution >= 4 is 29.2 Å². The van der Waals surface area contributed by atoms with Crippen LogP contribution in [0.4, 0.5) is 16.2 Å². The third-order valence-electron chi connectivity index (χ3n) is 5.67. The number of carbonyl (C=O) groups excluding carboxylic acids is 3. The summed E-state index contributed by atoms with van der Waals surface area (Å²) in [5.74, 6) is -0.910. The van der Waals surface area contributed by atoms with Gasteiger partial charge in [-0.2, -0.15) is 0 Å². The normalized spacial score (nSPS) is 20.3. The molecule has 1 saturated heterocycles. The van der Waals surface area contributed by atoms with E-state index < -0.39 is 34.9 Å². The molecule has 2 aromatic rings. The molecule has 2 aliphatic rings. The van der Waals surface area contributed by atoms with Crippen LogP contribution in [0.1, 0.15) is 23.6 Å². The van der Waals surface area contributed by atoms with Gasteiger partial charge in [0.25, 0.3) is 11.6 Å². The minimum atomic E-state index is -1.24. The maximum Gasteiger partial charge on any atom is 0.325 e. The van der Waals surface area contributed by atoms with Crippen LogP contribution in [0.5, 0.6) is 0 Å². The first kappa shape index (κ1) is 19.6. The van der Waals surface area contributed by atoms with Crippen LogP contribution in [0.25, 0.3) is 0 Å². The van der Waals surface area contributed by atoms with Crippen LogP contribution in [-0.4, -0.2) is 40.8 Å². The van der Waals surface area contributed by atoms with Crippen LogP contribution in [0.3, 0.4) is 0 Å². The number of aryl methyl sites for hydroxylation is 1. The minimum absolute atomic E-state index is 0.0361. The van der Waals surface area contributed by atoms with Gasteiger partial charge in [-0.1, -0.05) is 29.8 Å². The van der Waals surface area contributed by atoms with Crippen LogP contribution >= 0.6 is 0 Å². The molecule has 0 saturated carbocycles. The van der Waals surface area contributed by atoms with E-state index in [1.54, 1.807) is 19.1 Å². The van der Waals surface area contributed by atoms with E-state index in [4.69, 9.17) is 0 Å². The zero-order valence-corrected chi connectivity index (χ0v) is 16.5. The highest BCUT2D eigenvalue weighted by Gasteiger charge is 2.49. The highest BCUT2D eigenvalue weighted by atomic mass is 16.6. The number of nitro benzene ring substituents is 1. The number of imide groups is 1. The zero-order chi connectivity index (χ0) is 21.6. The van der Waals surface area contributed by atoms with Gasteiger partial charge in [0, 0.05) is 24.4 Å². The molecule has 2 heterocycles. The van der Waals surface area contributed by atoms with Gasteiger partial charge in [0.1, 0.15) is 12.1 Å². The molecule has 154 valence electrons. The van der Waals surface area contributed by atoms with Crippen molar-refractivity contribution in [3.8, 4) is 0 Å². The lowest BCUT2D eigenvalue weighted by Crippen LogP contribution is -2.44. The summed E-state index contributed by atoms with van der Waals surface area (Å²) in [6.45, 7) is 3.48. The van der Waals surface area contributed by atoms with Gasteiger partial charge in [-0.25, -0.2) is 4.79 Å². The van der Waals surface area contributed by atoms with Crippen molar-refractivity contribution in [3.05, 3.63) is 69.3 Å². The molecule has 1 unspecified atom stereocenters. The molecular weight excluding hydrogens is 388 g/mol. The number of hydrogen-bond donors (Lipinski definition) is 1. The molecule has 1 N–H and O–H groups in total. The minimum Gasteiger partial charge on any atom is -0.319 e. The summed E-state index contributed by atoms with van der Waals surface area (Å²) in [5, 5.41) is 13.6. The van der Waals surface area contributed by atoms with Crippen molar-refractivity contribution in [1.29, 1.82) is 0 Å². The number of non-ortho nitro benzene ring substituents is 1. The first-order valence-corrected chi connectivity index (χ1v) is 9.49. The van der Waals surface area contributed by atoms with Gasteiger partial charge in [0.15, 0.2) is 0 Å². The van der Waals surface area contributed by atoms with Crippen molar-refractivity contribution in [1.82, 2.24) is 10.2 Å². The Hall–Kier alpha value is -3.75. The largest absolute Gasteiger partial charge is 0.325 e. The molecule has 0 spiro atoms. The van der Waals surface area contributed by atoms with E-state index in [9.17, 15) is 24.5 Å². The number of rotatable bonds is 4. The summed E-state index contributed by atoms with van der Waals surface area (Å²) in [4.78, 5) is 51.3. The number of benzene rings is 2. The van der Waals surface area contributed by atoms with E-state index in [1.165, 1.54) is 23.1 Å². The standard InChI is InChI=1S/C21H20N4O5/c1-13-3-5-15(6-4-13)21(2)19(27)24(20(28)22-21)12-18(26)23-10-9-14-11-16(25(29)30)7-8-17(14)23/h3-8,11H,9-10,12H2,1-2H3,(H,22,28). The second kappa shape index (κ2) is 6.94. The molecule has 30 heavy (non-hydrogen) atoms. The summed E-state index contributed by atoms with van der Waals surface area (Å²) >= 11 is 0. The molecule has 9 heteroatoms. The number of nitro groups is 1. The Bertz CT molecular complexity index is 1080. The number of nitrogens with zero attached hydrogens (tertiary/aromatic N) is 3. The molecule has 1 atom stereocenters. The van der Waals surface area contributed by atoms with E-state index >= 15 is 0 Å². The molecule has 1 fully saturated rings. The molecule has 4 rings (SSSR count). The Balaban J connectivity index is 1.53. The Morgan fingerprint density at radius 3 is 2.57 bits per heavy atom. The van der Waals surface area contributed by atoms with Crippen molar-refractivity contribution in [2.24, 2.45) is 0 Å². The summed E-state index contributed by atoms with van der Waals surface area (Å²) in [5.41, 5.74) is 1.65. The monoisotopic (exact) mass is 408 g/mol. The molecule has 2 aliphatic heterocycles. The maximum atomic E-state index is 13.0. The Kier molecular flexibility index (Phi) is 4.53. The third-order valence-corrected chi connectivity index (χ3v) is 5.67. The fourth-order valence-electron chi connectivity index (χ4n) is 3.90. The lowest BCUT2D eigenvalue weighted by molar-refractivity contribution is -0.384. The smallest absolute Gasteiger partial charge is 0.319 e. The van der Waals surface area contributed by atoms with Gasteiger partial charge in [0.05, 0.1) is 4.92 Å². The van der Waals surface area contributed by atoms with Gasteiger partial charge < -0.3 is 10.2 Å². The fourth-order valence-corrected chi connectivity index (χ4v) is 3.90. The molecule has 0 aliphatic carbocycles. The van der Waals surface area contributed by atoms with Crippen molar-refractivity contribution < 1.29 is 19.3 Å². The quantitative estimate of drug-likeness (QED) is 0.474. The summed E-state index contributed by atoms with van der Waals surface area (Å²) in [6, 6.07) is 11.0. The molecule has 0 radical (unpaired) electrons. The molecule has 0 aromatic heterocycles. The molecule has 0 bridgehead atoms. The third kappa shape index (κ3) is 3.08. The van der Waals surface area contributed by atoms with E-state index in [-0.39, 0.29) is 5.69 Å². The zero-order valence-electron chi connectivity index (χ0n) is 16.5. The molecular formula is C21H20N4O5. The number of urea groups is 1. The highest BCUT2D eigenvalue weighted by Crippen LogP contribution is 2.33. The van der Waals surface area contributed by atoms with E-state index in [0.29, 0.717) is 29.8 Å². The van der Waals surface area contributed by atoms with Crippen LogP contribution in [0.2, 0.25) is 0 Å². The summed E-state index contributed by atoms with van der Waals surface area (Å²) in [6.07, 6.45) is 0.476. The number of hydrogen-bond acceptors (Lipinski definition) is 5. The van der Waals surface area contributed by atoms with Crippen LogP contribution in [0.15, 0.2) is 42.5 Å². The van der Waals surface area contributed by atoms with Crippen LogP contribution in [0, 0.1) is 17.0 Å². The summed E-state index contributed by atoms with van der Waals surface area (Å²) < 4.78 is 0. The predicted octanol–water partition coefficient (Wildman–Crippen LogP) is 2.26. The number of fused-ring (bicyclic) bond motifs is 1. The van der Waals surface area contributed by atoms with Gasteiger partial charge in [0.2, 0.25) is 5.91 Å². The van der Waals surface area contributed by atoms with E-state index in [1.807, 2.05) is 19.1 Å². The van der Waals surface area contributed by atoms with Gasteiger partial charge in [-0.3, -0.25) is 24.6 Å². The second-order valence-corrected chi connectivity index (χ2v) is 7.68. The lowest BCUT2D eigenvalue weighted by atomic mass is 9.91. The second-order valence-electron chi connectivity index (χ2n) is 7.68. The highest BCUT2D eigenvalue weighted by molar-refractivity contribution is 6.10. The first-order chi connectivity index (χ1) is 14.2. The Morgan fingerprint density at radius 2 is 1.90 bits per heavy atom. The molecule has 9 nitrogen and oxygen atoms in total. The van der Waals surface area contributed by atoms with Crippen molar-refractivity contribution in [3.63, 3.8) is 0 Å². The topological polar surface area (TPSA) is 113 Å². The average molecular weight is 408 g/mol. The Labute approximate surface area is 172 Å². The lowest BCUT2D eigenvalue weighted by Gasteiger charge is -2.23.